The predicted octanol–water partition coefficient (Wildman–Crippen LogP) is 0.164. The molecule has 2 saturated heterocycles. The summed E-state index contributed by atoms with van der Waals surface area (Å²) < 4.78 is 0. The van der Waals surface area contributed by atoms with Gasteiger partial charge < -0.3 is 25.9 Å². The quantitative estimate of drug-likeness (QED) is 0.807. The molecule has 8 nitrogen and oxygen atoms in total. The van der Waals surface area contributed by atoms with Crippen molar-refractivity contribution in [2.24, 2.45) is 0 Å². The summed E-state index contributed by atoms with van der Waals surface area (Å²) in [6.07, 6.45) is 3.88. The molecule has 1 aromatic heterocycles. The van der Waals surface area contributed by atoms with Crippen LogP contribution in [0.25, 0.3) is 0 Å². The lowest BCUT2D eigenvalue weighted by atomic mass is 10.0. The monoisotopic (exact) mass is 334 g/mol. The molecule has 2 aliphatic heterocycles. The molecule has 0 unspecified atom stereocenters. The summed E-state index contributed by atoms with van der Waals surface area (Å²) in [5.41, 5.74) is 10.4. The van der Waals surface area contributed by atoms with Gasteiger partial charge in [-0.2, -0.15) is 0 Å². The van der Waals surface area contributed by atoms with Crippen molar-refractivity contribution in [3.05, 3.63) is 6.33 Å². The van der Waals surface area contributed by atoms with Crippen molar-refractivity contribution in [2.45, 2.75) is 18.9 Å². The average molecular weight is 334 g/mol. The van der Waals surface area contributed by atoms with Crippen LogP contribution in [0.5, 0.6) is 0 Å². The van der Waals surface area contributed by atoms with Crippen LogP contribution in [0.3, 0.4) is 0 Å². The number of anilines is 3. The van der Waals surface area contributed by atoms with Crippen molar-refractivity contribution in [3.63, 3.8) is 0 Å². The van der Waals surface area contributed by atoms with Crippen LogP contribution in [0.4, 0.5) is 17.3 Å². The maximum absolute atomic E-state index is 6.39. The van der Waals surface area contributed by atoms with E-state index in [4.69, 9.17) is 5.73 Å². The number of nitrogen functional groups attached to an aromatic ring is 1. The highest BCUT2D eigenvalue weighted by atomic mass is 15.5. The van der Waals surface area contributed by atoms with E-state index in [0.717, 1.165) is 57.9 Å². The molecule has 2 fully saturated rings. The fourth-order valence-electron chi connectivity index (χ4n) is 3.38. The van der Waals surface area contributed by atoms with Gasteiger partial charge in [-0.1, -0.05) is 0 Å². The summed E-state index contributed by atoms with van der Waals surface area (Å²) in [7, 11) is 6.41. The lowest BCUT2D eigenvalue weighted by Crippen LogP contribution is -2.47. The van der Waals surface area contributed by atoms with E-state index >= 15 is 0 Å². The summed E-state index contributed by atoms with van der Waals surface area (Å²) in [6, 6.07) is 0.481. The van der Waals surface area contributed by atoms with Gasteiger partial charge in [-0.05, 0) is 40.0 Å². The Balaban J connectivity index is 1.68. The normalized spacial score (nSPS) is 21.8. The topological polar surface area (TPSA) is 76.8 Å². The van der Waals surface area contributed by atoms with E-state index in [1.54, 1.807) is 6.33 Å². The molecule has 0 atom stereocenters. The van der Waals surface area contributed by atoms with Crippen molar-refractivity contribution >= 4 is 17.3 Å². The molecule has 3 rings (SSSR count). The summed E-state index contributed by atoms with van der Waals surface area (Å²) >= 11 is 0. The highest BCUT2D eigenvalue weighted by molar-refractivity contribution is 5.74. The largest absolute Gasteiger partial charge is 0.393 e. The number of nitrogens with one attached hydrogen (secondary N) is 1. The van der Waals surface area contributed by atoms with Gasteiger partial charge in [-0.15, -0.1) is 0 Å². The number of aromatic nitrogens is 2. The van der Waals surface area contributed by atoms with E-state index in [1.807, 2.05) is 0 Å². The number of rotatable bonds is 4. The maximum atomic E-state index is 6.39. The molecule has 0 bridgehead atoms. The fraction of sp³-hybridized carbons (Fsp3) is 0.750. The number of likely N-dealkylation sites (N-methyl/N-ethyl adjacent to an activating group) is 1. The van der Waals surface area contributed by atoms with E-state index < -0.39 is 0 Å². The minimum absolute atomic E-state index is 0.481. The SMILES string of the molecule is CN1CCC(N(C)c2ncnc(NN3CCN(C)CC3)c2N)CC1. The summed E-state index contributed by atoms with van der Waals surface area (Å²) in [5.74, 6) is 1.54. The molecule has 134 valence electrons. The zero-order chi connectivity index (χ0) is 17.1. The molecule has 1 aromatic rings. The average Bonchev–Trinajstić information content (AvgIpc) is 2.59. The first-order valence-corrected chi connectivity index (χ1v) is 8.76. The van der Waals surface area contributed by atoms with E-state index in [1.165, 1.54) is 0 Å². The van der Waals surface area contributed by atoms with Gasteiger partial charge in [0.2, 0.25) is 0 Å². The third kappa shape index (κ3) is 3.88. The van der Waals surface area contributed by atoms with Crippen LogP contribution in [-0.4, -0.2) is 91.2 Å². The standard InChI is InChI=1S/C16H30N8/c1-21-6-4-13(5-7-21)23(3)16-14(17)15(18-12-19-16)20-24-10-8-22(2)9-11-24/h12-13H,4-11,17H2,1-3H3,(H,18,19,20). The van der Waals surface area contributed by atoms with Gasteiger partial charge in [0.1, 0.15) is 12.0 Å². The van der Waals surface area contributed by atoms with Crippen molar-refractivity contribution in [1.29, 1.82) is 0 Å². The van der Waals surface area contributed by atoms with Crippen molar-refractivity contribution in [3.8, 4) is 0 Å². The van der Waals surface area contributed by atoms with Gasteiger partial charge in [0, 0.05) is 39.3 Å². The molecule has 0 radical (unpaired) electrons. The molecule has 8 heteroatoms. The van der Waals surface area contributed by atoms with Crippen LogP contribution < -0.4 is 16.1 Å². The van der Waals surface area contributed by atoms with Gasteiger partial charge in [0.25, 0.3) is 0 Å². The number of nitrogens with two attached hydrogens (primary N) is 1. The second-order valence-electron chi connectivity index (χ2n) is 7.01. The van der Waals surface area contributed by atoms with E-state index in [0.29, 0.717) is 17.5 Å². The Morgan fingerprint density at radius 2 is 1.67 bits per heavy atom. The molecule has 0 aliphatic carbocycles. The molecule has 0 saturated carbocycles. The smallest absolute Gasteiger partial charge is 0.169 e. The van der Waals surface area contributed by atoms with Crippen LogP contribution in [0.15, 0.2) is 6.33 Å². The van der Waals surface area contributed by atoms with E-state index in [9.17, 15) is 0 Å². The van der Waals surface area contributed by atoms with E-state index in [-0.39, 0.29) is 0 Å². The summed E-state index contributed by atoms with van der Waals surface area (Å²) in [5, 5.41) is 2.18. The van der Waals surface area contributed by atoms with Crippen LogP contribution in [-0.2, 0) is 0 Å². The van der Waals surface area contributed by atoms with Gasteiger partial charge >= 0.3 is 0 Å². The summed E-state index contributed by atoms with van der Waals surface area (Å²) in [4.78, 5) is 15.7. The number of nitrogens with zero attached hydrogens (tertiary/aromatic N) is 6. The van der Waals surface area contributed by atoms with Gasteiger partial charge in [-0.25, -0.2) is 15.0 Å². The van der Waals surface area contributed by atoms with Crippen molar-refractivity contribution in [2.75, 3.05) is 76.5 Å². The summed E-state index contributed by atoms with van der Waals surface area (Å²) in [6.45, 7) is 6.24. The maximum Gasteiger partial charge on any atom is 0.169 e. The zero-order valence-electron chi connectivity index (χ0n) is 15.1. The highest BCUT2D eigenvalue weighted by Gasteiger charge is 2.24. The van der Waals surface area contributed by atoms with Gasteiger partial charge in [-0.3, -0.25) is 0 Å². The van der Waals surface area contributed by atoms with Crippen LogP contribution >= 0.6 is 0 Å². The van der Waals surface area contributed by atoms with Crippen molar-refractivity contribution in [1.82, 2.24) is 24.8 Å². The number of hydrogen-bond donors (Lipinski definition) is 2. The minimum atomic E-state index is 0.481. The first-order chi connectivity index (χ1) is 11.5. The Kier molecular flexibility index (Phi) is 5.37. The number of piperidine rings is 1. The Morgan fingerprint density at radius 1 is 1.04 bits per heavy atom. The zero-order valence-corrected chi connectivity index (χ0v) is 15.1. The first kappa shape index (κ1) is 17.2. The number of piperazine rings is 1. The van der Waals surface area contributed by atoms with Crippen LogP contribution in [0.1, 0.15) is 12.8 Å². The molecule has 0 amide bonds. The van der Waals surface area contributed by atoms with Crippen molar-refractivity contribution < 1.29 is 0 Å². The third-order valence-electron chi connectivity index (χ3n) is 5.20. The molecule has 3 N–H and O–H groups in total. The Bertz CT molecular complexity index is 535. The molecule has 24 heavy (non-hydrogen) atoms. The Labute approximate surface area is 144 Å². The molecule has 0 aromatic carbocycles. The number of hydrogen-bond acceptors (Lipinski definition) is 8. The molecule has 0 spiro atoms. The van der Waals surface area contributed by atoms with Crippen LogP contribution in [0, 0.1) is 0 Å². The number of hydrazine groups is 1. The molecule has 2 aliphatic rings. The Hall–Kier alpha value is -1.64. The highest BCUT2D eigenvalue weighted by Crippen LogP contribution is 2.29. The van der Waals surface area contributed by atoms with Gasteiger partial charge in [0.15, 0.2) is 11.6 Å². The fourth-order valence-corrected chi connectivity index (χ4v) is 3.38. The van der Waals surface area contributed by atoms with Gasteiger partial charge in [0.05, 0.1) is 0 Å². The minimum Gasteiger partial charge on any atom is -0.393 e. The third-order valence-corrected chi connectivity index (χ3v) is 5.20. The predicted molar refractivity (Wildman–Crippen MR) is 98.1 cm³/mol. The second-order valence-corrected chi connectivity index (χ2v) is 7.01. The lowest BCUT2D eigenvalue weighted by molar-refractivity contribution is 0.178. The lowest BCUT2D eigenvalue weighted by Gasteiger charge is -2.36. The van der Waals surface area contributed by atoms with E-state index in [2.05, 4.69) is 56.2 Å². The van der Waals surface area contributed by atoms with Crippen LogP contribution in [0.2, 0.25) is 0 Å². The Morgan fingerprint density at radius 3 is 2.33 bits per heavy atom. The first-order valence-electron chi connectivity index (χ1n) is 8.76. The number of likely N-dealkylation sites (tertiary alicyclic amines) is 1. The molecular weight excluding hydrogens is 304 g/mol. The molecule has 3 heterocycles. The molecular formula is C16H30N8. The second kappa shape index (κ2) is 7.50.